The fourth-order valence-corrected chi connectivity index (χ4v) is 2.77. The number of likely N-dealkylation sites (tertiary alicyclic amines) is 1. The number of nitriles is 1. The molecule has 4 rings (SSSR count). The number of rotatable bonds is 4. The highest BCUT2D eigenvalue weighted by atomic mass is 16.5. The summed E-state index contributed by atoms with van der Waals surface area (Å²) in [5.74, 6) is 1.27. The van der Waals surface area contributed by atoms with Gasteiger partial charge in [-0.05, 0) is 12.8 Å². The summed E-state index contributed by atoms with van der Waals surface area (Å²) in [4.78, 5) is 22.1. The van der Waals surface area contributed by atoms with Crippen LogP contribution in [0.3, 0.4) is 0 Å². The lowest BCUT2D eigenvalue weighted by atomic mass is 10.2. The van der Waals surface area contributed by atoms with Gasteiger partial charge in [-0.25, -0.2) is 9.97 Å². The molecule has 0 unspecified atom stereocenters. The van der Waals surface area contributed by atoms with Crippen LogP contribution in [-0.2, 0) is 0 Å². The van der Waals surface area contributed by atoms with E-state index in [2.05, 4.69) is 15.1 Å². The monoisotopic (exact) mass is 325 g/mol. The molecule has 1 amide bonds. The molecule has 1 aliphatic heterocycles. The van der Waals surface area contributed by atoms with Gasteiger partial charge in [0.25, 0.3) is 11.8 Å². The molecular formula is C16H15N5O3. The Kier molecular flexibility index (Phi) is 3.61. The fourth-order valence-electron chi connectivity index (χ4n) is 2.77. The minimum atomic E-state index is -0.215. The third kappa shape index (κ3) is 2.80. The normalized spacial score (nSPS) is 20.0. The lowest BCUT2D eigenvalue weighted by Gasteiger charge is -2.15. The molecule has 0 bridgehead atoms. The largest absolute Gasteiger partial charge is 0.470 e. The van der Waals surface area contributed by atoms with Crippen LogP contribution in [0.2, 0.25) is 0 Å². The maximum Gasteiger partial charge on any atom is 0.276 e. The zero-order valence-corrected chi connectivity index (χ0v) is 12.9. The van der Waals surface area contributed by atoms with Crippen molar-refractivity contribution in [3.63, 3.8) is 0 Å². The van der Waals surface area contributed by atoms with Crippen molar-refractivity contribution in [2.24, 2.45) is 0 Å². The van der Waals surface area contributed by atoms with Gasteiger partial charge >= 0.3 is 0 Å². The number of nitrogens with zero attached hydrogens (tertiary/aromatic N) is 5. The van der Waals surface area contributed by atoms with Crippen molar-refractivity contribution in [1.82, 2.24) is 20.0 Å². The number of hydrogen-bond donors (Lipinski definition) is 0. The highest BCUT2D eigenvalue weighted by Crippen LogP contribution is 2.40. The first-order valence-corrected chi connectivity index (χ1v) is 7.88. The molecule has 3 heterocycles. The molecule has 24 heavy (non-hydrogen) atoms. The predicted molar refractivity (Wildman–Crippen MR) is 80.2 cm³/mol. The van der Waals surface area contributed by atoms with Gasteiger partial charge in [-0.2, -0.15) is 5.26 Å². The molecule has 2 aliphatic rings. The van der Waals surface area contributed by atoms with Crippen molar-refractivity contribution in [3.05, 3.63) is 35.6 Å². The number of aromatic nitrogens is 3. The standard InChI is InChI=1S/C16H15N5O3/c17-8-13-15(19-5-4-18-13)23-11-3-6-21(9-11)16(22)12-7-14(24-20-12)10-1-2-10/h4-5,7,10-11H,1-3,6,9H2/t11-/m0/s1. The van der Waals surface area contributed by atoms with Crippen LogP contribution in [-0.4, -0.2) is 45.1 Å². The molecule has 0 N–H and O–H groups in total. The van der Waals surface area contributed by atoms with E-state index in [4.69, 9.17) is 14.5 Å². The van der Waals surface area contributed by atoms with Crippen molar-refractivity contribution in [3.8, 4) is 11.9 Å². The summed E-state index contributed by atoms with van der Waals surface area (Å²) in [7, 11) is 0. The summed E-state index contributed by atoms with van der Waals surface area (Å²) in [6.07, 6.45) is 5.57. The van der Waals surface area contributed by atoms with Crippen LogP contribution in [0.5, 0.6) is 5.88 Å². The summed E-state index contributed by atoms with van der Waals surface area (Å²) >= 11 is 0. The maximum absolute atomic E-state index is 12.5. The van der Waals surface area contributed by atoms with Crippen molar-refractivity contribution in [2.45, 2.75) is 31.3 Å². The van der Waals surface area contributed by atoms with Crippen LogP contribution in [0.15, 0.2) is 23.0 Å². The van der Waals surface area contributed by atoms with Crippen LogP contribution in [0.25, 0.3) is 0 Å². The Labute approximate surface area is 138 Å². The number of amides is 1. The van der Waals surface area contributed by atoms with E-state index in [1.165, 1.54) is 12.4 Å². The Morgan fingerprint density at radius 3 is 2.96 bits per heavy atom. The zero-order valence-electron chi connectivity index (χ0n) is 12.9. The zero-order chi connectivity index (χ0) is 16.5. The van der Waals surface area contributed by atoms with Gasteiger partial charge in [0.05, 0.1) is 6.54 Å². The van der Waals surface area contributed by atoms with E-state index < -0.39 is 0 Å². The number of carbonyl (C=O) groups is 1. The summed E-state index contributed by atoms with van der Waals surface area (Å²) < 4.78 is 11.0. The van der Waals surface area contributed by atoms with Crippen molar-refractivity contribution in [1.29, 1.82) is 5.26 Å². The van der Waals surface area contributed by atoms with Crippen LogP contribution < -0.4 is 4.74 Å². The Morgan fingerprint density at radius 2 is 2.17 bits per heavy atom. The fraction of sp³-hybridized carbons (Fsp3) is 0.438. The second-order valence-electron chi connectivity index (χ2n) is 5.99. The second-order valence-corrected chi connectivity index (χ2v) is 5.99. The Balaban J connectivity index is 1.40. The molecule has 2 aromatic rings. The van der Waals surface area contributed by atoms with Gasteiger partial charge in [0.1, 0.15) is 17.9 Å². The Morgan fingerprint density at radius 1 is 1.33 bits per heavy atom. The summed E-state index contributed by atoms with van der Waals surface area (Å²) in [5, 5.41) is 12.9. The van der Waals surface area contributed by atoms with E-state index in [0.29, 0.717) is 31.1 Å². The molecule has 2 aromatic heterocycles. The van der Waals surface area contributed by atoms with Crippen LogP contribution in [0.4, 0.5) is 0 Å². The van der Waals surface area contributed by atoms with Gasteiger partial charge in [-0.3, -0.25) is 4.79 Å². The number of hydrogen-bond acceptors (Lipinski definition) is 7. The molecule has 0 radical (unpaired) electrons. The van der Waals surface area contributed by atoms with Gasteiger partial charge in [0.15, 0.2) is 5.69 Å². The molecule has 8 heteroatoms. The first kappa shape index (κ1) is 14.6. The molecule has 1 atom stereocenters. The van der Waals surface area contributed by atoms with E-state index in [-0.39, 0.29) is 23.6 Å². The molecule has 0 spiro atoms. The van der Waals surface area contributed by atoms with Crippen LogP contribution >= 0.6 is 0 Å². The quantitative estimate of drug-likeness (QED) is 0.838. The third-order valence-corrected chi connectivity index (χ3v) is 4.21. The van der Waals surface area contributed by atoms with Gasteiger partial charge < -0.3 is 14.2 Å². The first-order valence-electron chi connectivity index (χ1n) is 7.88. The van der Waals surface area contributed by atoms with Crippen molar-refractivity contribution in [2.75, 3.05) is 13.1 Å². The SMILES string of the molecule is N#Cc1nccnc1O[C@H]1CCN(C(=O)c2cc(C3CC3)on2)C1. The molecule has 1 saturated heterocycles. The van der Waals surface area contributed by atoms with Gasteiger partial charge in [0, 0.05) is 37.3 Å². The van der Waals surface area contributed by atoms with Crippen molar-refractivity contribution < 1.29 is 14.1 Å². The molecule has 1 aliphatic carbocycles. The maximum atomic E-state index is 12.5. The van der Waals surface area contributed by atoms with E-state index in [1.54, 1.807) is 11.0 Å². The number of ether oxygens (including phenoxy) is 1. The van der Waals surface area contributed by atoms with E-state index >= 15 is 0 Å². The summed E-state index contributed by atoms with van der Waals surface area (Å²) in [6, 6.07) is 3.69. The van der Waals surface area contributed by atoms with Gasteiger partial charge in [-0.15, -0.1) is 0 Å². The van der Waals surface area contributed by atoms with E-state index in [1.807, 2.05) is 6.07 Å². The Bertz CT molecular complexity index is 808. The lowest BCUT2D eigenvalue weighted by molar-refractivity contribution is 0.0760. The van der Waals surface area contributed by atoms with Gasteiger partial charge in [-0.1, -0.05) is 5.16 Å². The molecule has 1 saturated carbocycles. The lowest BCUT2D eigenvalue weighted by Crippen LogP contribution is -2.31. The first-order chi connectivity index (χ1) is 11.7. The molecular weight excluding hydrogens is 310 g/mol. The van der Waals surface area contributed by atoms with E-state index in [9.17, 15) is 4.79 Å². The third-order valence-electron chi connectivity index (χ3n) is 4.21. The molecule has 2 fully saturated rings. The second kappa shape index (κ2) is 5.92. The Hall–Kier alpha value is -2.95. The topological polar surface area (TPSA) is 105 Å². The predicted octanol–water partition coefficient (Wildman–Crippen LogP) is 1.51. The average molecular weight is 325 g/mol. The molecule has 8 nitrogen and oxygen atoms in total. The highest BCUT2D eigenvalue weighted by molar-refractivity contribution is 5.92. The minimum absolute atomic E-state index is 0.146. The molecule has 122 valence electrons. The van der Waals surface area contributed by atoms with Crippen LogP contribution in [0.1, 0.15) is 47.1 Å². The minimum Gasteiger partial charge on any atom is -0.470 e. The van der Waals surface area contributed by atoms with Crippen molar-refractivity contribution >= 4 is 5.91 Å². The highest BCUT2D eigenvalue weighted by Gasteiger charge is 2.33. The summed E-state index contributed by atoms with van der Waals surface area (Å²) in [5.41, 5.74) is 0.489. The molecule has 0 aromatic carbocycles. The van der Waals surface area contributed by atoms with Gasteiger partial charge in [0.2, 0.25) is 5.69 Å². The average Bonchev–Trinajstić information content (AvgIpc) is 3.16. The smallest absolute Gasteiger partial charge is 0.276 e. The van der Waals surface area contributed by atoms with Crippen LogP contribution in [0, 0.1) is 11.3 Å². The number of carbonyl (C=O) groups excluding carboxylic acids is 1. The summed E-state index contributed by atoms with van der Waals surface area (Å²) in [6.45, 7) is 0.989. The van der Waals surface area contributed by atoms with E-state index in [0.717, 1.165) is 18.6 Å².